The van der Waals surface area contributed by atoms with E-state index >= 15 is 0 Å². The van der Waals surface area contributed by atoms with Gasteiger partial charge in [0, 0.05) is 29.8 Å². The third-order valence-corrected chi connectivity index (χ3v) is 3.09. The molecule has 0 aliphatic carbocycles. The lowest BCUT2D eigenvalue weighted by Gasteiger charge is -2.21. The Bertz CT molecular complexity index is 316. The molecule has 15 heavy (non-hydrogen) atoms. The molecule has 1 aliphatic rings. The summed E-state index contributed by atoms with van der Waals surface area (Å²) in [5, 5.41) is 3.42. The standard InChI is InChI=1S/C12H21N3/c1-12(2,3)10-8-14-11(15-10)9-5-4-6-13-7-9/h8-9,13H,4-7H2,1-3H3,(H,14,15). The highest BCUT2D eigenvalue weighted by atomic mass is 15.0. The van der Waals surface area contributed by atoms with Crippen LogP contribution in [0.4, 0.5) is 0 Å². The zero-order valence-corrected chi connectivity index (χ0v) is 9.93. The van der Waals surface area contributed by atoms with Gasteiger partial charge >= 0.3 is 0 Å². The normalized spacial score (nSPS) is 23.0. The summed E-state index contributed by atoms with van der Waals surface area (Å²) in [5.74, 6) is 1.74. The van der Waals surface area contributed by atoms with Crippen molar-refractivity contribution in [3.63, 3.8) is 0 Å². The first-order chi connectivity index (χ1) is 7.07. The summed E-state index contributed by atoms with van der Waals surface area (Å²) in [6.45, 7) is 8.86. The van der Waals surface area contributed by atoms with E-state index in [0.29, 0.717) is 5.92 Å². The van der Waals surface area contributed by atoms with Crippen molar-refractivity contribution in [2.75, 3.05) is 13.1 Å². The van der Waals surface area contributed by atoms with Crippen molar-refractivity contribution < 1.29 is 0 Å². The van der Waals surface area contributed by atoms with Crippen LogP contribution in [0.15, 0.2) is 6.20 Å². The molecule has 3 nitrogen and oxygen atoms in total. The Morgan fingerprint density at radius 1 is 1.40 bits per heavy atom. The second kappa shape index (κ2) is 3.97. The molecule has 1 aliphatic heterocycles. The fourth-order valence-corrected chi connectivity index (χ4v) is 2.01. The Kier molecular flexibility index (Phi) is 2.83. The number of H-pyrrole nitrogens is 1. The van der Waals surface area contributed by atoms with Crippen LogP contribution in [0.1, 0.15) is 51.0 Å². The first-order valence-corrected chi connectivity index (χ1v) is 5.83. The molecule has 0 saturated carbocycles. The highest BCUT2D eigenvalue weighted by molar-refractivity contribution is 5.14. The van der Waals surface area contributed by atoms with Gasteiger partial charge in [-0.2, -0.15) is 0 Å². The van der Waals surface area contributed by atoms with Crippen molar-refractivity contribution in [3.8, 4) is 0 Å². The molecule has 0 spiro atoms. The van der Waals surface area contributed by atoms with Crippen LogP contribution in [-0.4, -0.2) is 23.1 Å². The second-order valence-electron chi connectivity index (χ2n) is 5.48. The van der Waals surface area contributed by atoms with E-state index in [2.05, 4.69) is 36.1 Å². The summed E-state index contributed by atoms with van der Waals surface area (Å²) in [6, 6.07) is 0. The molecule has 1 aromatic heterocycles. The minimum Gasteiger partial charge on any atom is -0.345 e. The van der Waals surface area contributed by atoms with Crippen LogP contribution in [0.3, 0.4) is 0 Å². The molecule has 0 radical (unpaired) electrons. The molecule has 1 unspecified atom stereocenters. The minimum absolute atomic E-state index is 0.174. The first-order valence-electron chi connectivity index (χ1n) is 5.83. The largest absolute Gasteiger partial charge is 0.345 e. The number of aromatic amines is 1. The van der Waals surface area contributed by atoms with Gasteiger partial charge in [-0.3, -0.25) is 0 Å². The van der Waals surface area contributed by atoms with Crippen molar-refractivity contribution in [3.05, 3.63) is 17.7 Å². The van der Waals surface area contributed by atoms with Gasteiger partial charge in [0.05, 0.1) is 0 Å². The molecule has 1 aromatic rings. The smallest absolute Gasteiger partial charge is 0.110 e. The Morgan fingerprint density at radius 2 is 2.20 bits per heavy atom. The summed E-state index contributed by atoms with van der Waals surface area (Å²) < 4.78 is 0. The molecule has 0 amide bonds. The van der Waals surface area contributed by atoms with E-state index in [1.54, 1.807) is 0 Å². The molecule has 2 N–H and O–H groups in total. The average Bonchev–Trinajstić information content (AvgIpc) is 2.67. The lowest BCUT2D eigenvalue weighted by atomic mass is 9.93. The second-order valence-corrected chi connectivity index (χ2v) is 5.48. The highest BCUT2D eigenvalue weighted by Crippen LogP contribution is 2.25. The van der Waals surface area contributed by atoms with Crippen LogP contribution in [0.2, 0.25) is 0 Å². The molecular weight excluding hydrogens is 186 g/mol. The Balaban J connectivity index is 2.12. The SMILES string of the molecule is CC(C)(C)c1cnc(C2CCCNC2)[nH]1. The zero-order chi connectivity index (χ0) is 10.9. The number of rotatable bonds is 1. The van der Waals surface area contributed by atoms with E-state index in [4.69, 9.17) is 0 Å². The number of piperidine rings is 1. The molecule has 1 fully saturated rings. The van der Waals surface area contributed by atoms with E-state index < -0.39 is 0 Å². The molecule has 0 aromatic carbocycles. The molecule has 1 saturated heterocycles. The van der Waals surface area contributed by atoms with Crippen LogP contribution in [0, 0.1) is 0 Å². The van der Waals surface area contributed by atoms with Crippen molar-refractivity contribution in [2.24, 2.45) is 0 Å². The molecular formula is C12H21N3. The highest BCUT2D eigenvalue weighted by Gasteiger charge is 2.21. The third kappa shape index (κ3) is 2.40. The molecule has 2 heterocycles. The molecule has 1 atom stereocenters. The van der Waals surface area contributed by atoms with Crippen LogP contribution < -0.4 is 5.32 Å². The van der Waals surface area contributed by atoms with Crippen molar-refractivity contribution in [1.29, 1.82) is 0 Å². The van der Waals surface area contributed by atoms with Gasteiger partial charge in [-0.15, -0.1) is 0 Å². The van der Waals surface area contributed by atoms with Gasteiger partial charge in [0.1, 0.15) is 5.82 Å². The Hall–Kier alpha value is -0.830. The first kappa shape index (κ1) is 10.7. The maximum Gasteiger partial charge on any atom is 0.110 e. The van der Waals surface area contributed by atoms with Gasteiger partial charge < -0.3 is 10.3 Å². The predicted octanol–water partition coefficient (Wildman–Crippen LogP) is 2.17. The number of imidazole rings is 1. The van der Waals surface area contributed by atoms with E-state index in [0.717, 1.165) is 18.9 Å². The summed E-state index contributed by atoms with van der Waals surface area (Å²) in [5.41, 5.74) is 1.41. The fourth-order valence-electron chi connectivity index (χ4n) is 2.01. The number of hydrogen-bond donors (Lipinski definition) is 2. The lowest BCUT2D eigenvalue weighted by Crippen LogP contribution is -2.29. The van der Waals surface area contributed by atoms with E-state index in [1.807, 2.05) is 6.20 Å². The number of nitrogens with zero attached hydrogens (tertiary/aromatic N) is 1. The number of hydrogen-bond acceptors (Lipinski definition) is 2. The summed E-state index contributed by atoms with van der Waals surface area (Å²) in [7, 11) is 0. The maximum absolute atomic E-state index is 4.51. The summed E-state index contributed by atoms with van der Waals surface area (Å²) >= 11 is 0. The van der Waals surface area contributed by atoms with Crippen LogP contribution in [-0.2, 0) is 5.41 Å². The van der Waals surface area contributed by atoms with E-state index in [-0.39, 0.29) is 5.41 Å². The number of aromatic nitrogens is 2. The van der Waals surface area contributed by atoms with E-state index in [9.17, 15) is 0 Å². The third-order valence-electron chi connectivity index (χ3n) is 3.09. The van der Waals surface area contributed by atoms with Gasteiger partial charge in [0.2, 0.25) is 0 Å². The van der Waals surface area contributed by atoms with Gasteiger partial charge in [-0.25, -0.2) is 4.98 Å². The summed E-state index contributed by atoms with van der Waals surface area (Å²) in [4.78, 5) is 7.98. The summed E-state index contributed by atoms with van der Waals surface area (Å²) in [6.07, 6.45) is 4.50. The number of nitrogens with one attached hydrogen (secondary N) is 2. The quantitative estimate of drug-likeness (QED) is 0.741. The Labute approximate surface area is 91.7 Å². The maximum atomic E-state index is 4.51. The molecule has 0 bridgehead atoms. The molecule has 2 rings (SSSR count). The van der Waals surface area contributed by atoms with Crippen molar-refractivity contribution in [1.82, 2.24) is 15.3 Å². The minimum atomic E-state index is 0.174. The van der Waals surface area contributed by atoms with Gasteiger partial charge in [0.15, 0.2) is 0 Å². The van der Waals surface area contributed by atoms with Gasteiger partial charge in [-0.05, 0) is 19.4 Å². The monoisotopic (exact) mass is 207 g/mol. The fraction of sp³-hybridized carbons (Fsp3) is 0.750. The average molecular weight is 207 g/mol. The predicted molar refractivity (Wildman–Crippen MR) is 62.1 cm³/mol. The van der Waals surface area contributed by atoms with Gasteiger partial charge in [0.25, 0.3) is 0 Å². The van der Waals surface area contributed by atoms with Crippen LogP contribution in [0.25, 0.3) is 0 Å². The van der Waals surface area contributed by atoms with Gasteiger partial charge in [-0.1, -0.05) is 20.8 Å². The Morgan fingerprint density at radius 3 is 2.73 bits per heavy atom. The van der Waals surface area contributed by atoms with Crippen LogP contribution in [0.5, 0.6) is 0 Å². The topological polar surface area (TPSA) is 40.7 Å². The van der Waals surface area contributed by atoms with Crippen LogP contribution >= 0.6 is 0 Å². The lowest BCUT2D eigenvalue weighted by molar-refractivity contribution is 0.447. The van der Waals surface area contributed by atoms with Crippen molar-refractivity contribution in [2.45, 2.75) is 44.9 Å². The molecule has 84 valence electrons. The van der Waals surface area contributed by atoms with Crippen molar-refractivity contribution >= 4 is 0 Å². The van der Waals surface area contributed by atoms with E-state index in [1.165, 1.54) is 18.5 Å². The zero-order valence-electron chi connectivity index (χ0n) is 9.93. The molecule has 3 heteroatoms.